The third kappa shape index (κ3) is 2.15. The highest BCUT2D eigenvalue weighted by molar-refractivity contribution is 5.66. The molecule has 3 heteroatoms. The van der Waals surface area contributed by atoms with Crippen molar-refractivity contribution in [1.29, 1.82) is 0 Å². The van der Waals surface area contributed by atoms with E-state index in [2.05, 4.69) is 10.8 Å². The number of hydrogen-bond acceptors (Lipinski definition) is 3. The highest BCUT2D eigenvalue weighted by atomic mass is 16.5. The van der Waals surface area contributed by atoms with Gasteiger partial charge in [-0.25, -0.2) is 0 Å². The lowest BCUT2D eigenvalue weighted by atomic mass is 10.00. The molecular formula is C12H17NO2. The molecule has 0 amide bonds. The van der Waals surface area contributed by atoms with Crippen LogP contribution in [0.15, 0.2) is 0 Å². The van der Waals surface area contributed by atoms with Crippen LogP contribution in [0.3, 0.4) is 0 Å². The topological polar surface area (TPSA) is 29.5 Å². The quantitative estimate of drug-likeness (QED) is 0.503. The first-order valence-corrected chi connectivity index (χ1v) is 5.57. The maximum Gasteiger partial charge on any atom is 0.302 e. The van der Waals surface area contributed by atoms with Gasteiger partial charge in [0.05, 0.1) is 6.54 Å². The molecule has 0 aromatic heterocycles. The Balaban J connectivity index is 1.96. The summed E-state index contributed by atoms with van der Waals surface area (Å²) in [5.74, 6) is 2.55. The lowest BCUT2D eigenvalue weighted by Gasteiger charge is -2.37. The summed E-state index contributed by atoms with van der Waals surface area (Å²) in [6.45, 7) is 2.22. The second-order valence-electron chi connectivity index (χ2n) is 4.46. The van der Waals surface area contributed by atoms with Gasteiger partial charge in [-0.3, -0.25) is 9.69 Å². The third-order valence-corrected chi connectivity index (χ3v) is 3.45. The van der Waals surface area contributed by atoms with E-state index in [1.807, 2.05) is 0 Å². The van der Waals surface area contributed by atoms with E-state index in [0.29, 0.717) is 12.1 Å². The van der Waals surface area contributed by atoms with Gasteiger partial charge in [0.15, 0.2) is 0 Å². The number of carbonyl (C=O) groups excluding carboxylic acids is 1. The van der Waals surface area contributed by atoms with Crippen molar-refractivity contribution in [2.75, 3.05) is 6.54 Å². The van der Waals surface area contributed by atoms with E-state index in [0.717, 1.165) is 19.4 Å². The van der Waals surface area contributed by atoms with Gasteiger partial charge in [0.2, 0.25) is 0 Å². The predicted molar refractivity (Wildman–Crippen MR) is 57.1 cm³/mol. The molecule has 0 aromatic carbocycles. The fraction of sp³-hybridized carbons (Fsp3) is 0.750. The second-order valence-corrected chi connectivity index (χ2v) is 4.46. The largest absolute Gasteiger partial charge is 0.462 e. The van der Waals surface area contributed by atoms with E-state index in [9.17, 15) is 4.79 Å². The molecule has 2 rings (SSSR count). The molecule has 82 valence electrons. The molecule has 2 saturated heterocycles. The summed E-state index contributed by atoms with van der Waals surface area (Å²) in [6, 6.07) is 1.06. The van der Waals surface area contributed by atoms with Crippen LogP contribution < -0.4 is 0 Å². The van der Waals surface area contributed by atoms with Crippen LogP contribution in [-0.4, -0.2) is 35.6 Å². The van der Waals surface area contributed by atoms with E-state index < -0.39 is 0 Å². The van der Waals surface area contributed by atoms with Crippen LogP contribution in [0.4, 0.5) is 0 Å². The molecule has 15 heavy (non-hydrogen) atoms. The maximum absolute atomic E-state index is 10.9. The van der Waals surface area contributed by atoms with Crippen molar-refractivity contribution in [3.63, 3.8) is 0 Å². The molecule has 2 unspecified atom stereocenters. The minimum Gasteiger partial charge on any atom is -0.462 e. The number of hydrogen-bond donors (Lipinski definition) is 0. The monoisotopic (exact) mass is 207 g/mol. The van der Waals surface area contributed by atoms with Crippen LogP contribution in [-0.2, 0) is 9.53 Å². The molecule has 2 aliphatic heterocycles. The second kappa shape index (κ2) is 4.24. The van der Waals surface area contributed by atoms with Gasteiger partial charge in [-0.05, 0) is 12.8 Å². The van der Waals surface area contributed by atoms with Crippen LogP contribution in [0.5, 0.6) is 0 Å². The molecule has 0 aliphatic carbocycles. The van der Waals surface area contributed by atoms with Gasteiger partial charge in [-0.2, -0.15) is 0 Å². The smallest absolute Gasteiger partial charge is 0.302 e. The Labute approximate surface area is 90.8 Å². The summed E-state index contributed by atoms with van der Waals surface area (Å²) in [4.78, 5) is 13.3. The van der Waals surface area contributed by atoms with Gasteiger partial charge in [0, 0.05) is 31.8 Å². The van der Waals surface area contributed by atoms with Crippen LogP contribution in [0.2, 0.25) is 0 Å². The Morgan fingerprint density at radius 3 is 2.53 bits per heavy atom. The normalized spacial score (nSPS) is 34.8. The minimum absolute atomic E-state index is 0.119. The van der Waals surface area contributed by atoms with Gasteiger partial charge in [0.1, 0.15) is 6.10 Å². The van der Waals surface area contributed by atoms with Crippen LogP contribution >= 0.6 is 0 Å². The van der Waals surface area contributed by atoms with Crippen molar-refractivity contribution in [2.45, 2.75) is 50.8 Å². The van der Waals surface area contributed by atoms with Crippen molar-refractivity contribution >= 4 is 5.97 Å². The Bertz CT molecular complexity index is 280. The Morgan fingerprint density at radius 2 is 2.07 bits per heavy atom. The van der Waals surface area contributed by atoms with E-state index >= 15 is 0 Å². The number of rotatable bonds is 2. The molecule has 0 aromatic rings. The van der Waals surface area contributed by atoms with Gasteiger partial charge in [-0.1, -0.05) is 5.92 Å². The van der Waals surface area contributed by atoms with Gasteiger partial charge >= 0.3 is 5.97 Å². The summed E-state index contributed by atoms with van der Waals surface area (Å²) >= 11 is 0. The standard InChI is InChI=1S/C12H17NO2/c1-3-6-13-10-4-5-11(13)8-12(7-10)15-9(2)14/h1,10-12H,4-8H2,2H3. The number of fused-ring (bicyclic) bond motifs is 2. The highest BCUT2D eigenvalue weighted by Gasteiger charge is 2.41. The summed E-state index contributed by atoms with van der Waals surface area (Å²) in [6.07, 6.45) is 9.78. The molecule has 3 nitrogen and oxygen atoms in total. The fourth-order valence-electron chi connectivity index (χ4n) is 2.92. The molecule has 2 heterocycles. The third-order valence-electron chi connectivity index (χ3n) is 3.45. The number of ether oxygens (including phenoxy) is 1. The van der Waals surface area contributed by atoms with Gasteiger partial charge in [-0.15, -0.1) is 6.42 Å². The molecule has 2 atom stereocenters. The van der Waals surface area contributed by atoms with Gasteiger partial charge in [0.25, 0.3) is 0 Å². The fourth-order valence-corrected chi connectivity index (χ4v) is 2.92. The van der Waals surface area contributed by atoms with Crippen molar-refractivity contribution in [3.8, 4) is 12.3 Å². The van der Waals surface area contributed by atoms with Gasteiger partial charge < -0.3 is 4.74 Å². The molecule has 2 aliphatic rings. The minimum atomic E-state index is -0.162. The van der Waals surface area contributed by atoms with Crippen LogP contribution in [0.25, 0.3) is 0 Å². The highest BCUT2D eigenvalue weighted by Crippen LogP contribution is 2.36. The first-order valence-electron chi connectivity index (χ1n) is 5.57. The molecule has 2 fully saturated rings. The average molecular weight is 207 g/mol. The predicted octanol–water partition coefficient (Wildman–Crippen LogP) is 1.18. The number of piperidine rings is 1. The van der Waals surface area contributed by atoms with E-state index in [1.54, 1.807) is 0 Å². The lowest BCUT2D eigenvalue weighted by molar-refractivity contribution is -0.149. The van der Waals surface area contributed by atoms with Crippen molar-refractivity contribution < 1.29 is 9.53 Å². The zero-order valence-corrected chi connectivity index (χ0v) is 9.11. The SMILES string of the molecule is C#CCN1C2CCC1CC(OC(C)=O)C2. The Hall–Kier alpha value is -1.01. The van der Waals surface area contributed by atoms with Crippen molar-refractivity contribution in [2.24, 2.45) is 0 Å². The summed E-state index contributed by atoms with van der Waals surface area (Å²) in [5, 5.41) is 0. The lowest BCUT2D eigenvalue weighted by Crippen LogP contribution is -2.45. The number of esters is 1. The molecular weight excluding hydrogens is 190 g/mol. The average Bonchev–Trinajstić information content (AvgIpc) is 2.43. The summed E-state index contributed by atoms with van der Waals surface area (Å²) in [5.41, 5.74) is 0. The van der Waals surface area contributed by atoms with Crippen LogP contribution in [0, 0.1) is 12.3 Å². The molecule has 0 saturated carbocycles. The number of terminal acetylenes is 1. The first kappa shape index (κ1) is 10.5. The molecule has 0 N–H and O–H groups in total. The Morgan fingerprint density at radius 1 is 1.47 bits per heavy atom. The van der Waals surface area contributed by atoms with Crippen molar-refractivity contribution in [1.82, 2.24) is 4.90 Å². The summed E-state index contributed by atoms with van der Waals surface area (Å²) < 4.78 is 5.28. The number of nitrogens with zero attached hydrogens (tertiary/aromatic N) is 1. The van der Waals surface area contributed by atoms with E-state index in [-0.39, 0.29) is 12.1 Å². The number of carbonyl (C=O) groups is 1. The van der Waals surface area contributed by atoms with Crippen LogP contribution in [0.1, 0.15) is 32.6 Å². The molecule has 0 radical (unpaired) electrons. The zero-order chi connectivity index (χ0) is 10.8. The van der Waals surface area contributed by atoms with E-state index in [4.69, 9.17) is 11.2 Å². The summed E-state index contributed by atoms with van der Waals surface area (Å²) in [7, 11) is 0. The van der Waals surface area contributed by atoms with E-state index in [1.165, 1.54) is 19.8 Å². The molecule has 0 spiro atoms. The van der Waals surface area contributed by atoms with Crippen molar-refractivity contribution in [3.05, 3.63) is 0 Å². The first-order chi connectivity index (χ1) is 7.20. The molecule has 2 bridgehead atoms. The maximum atomic E-state index is 10.9. The zero-order valence-electron chi connectivity index (χ0n) is 9.11. The Kier molecular flexibility index (Phi) is 2.97.